The molecule has 27 heavy (non-hydrogen) atoms. The maximum Gasteiger partial charge on any atom is 0.233 e. The number of benzene rings is 2. The highest BCUT2D eigenvalue weighted by atomic mass is 35.5. The van der Waals surface area contributed by atoms with Crippen molar-refractivity contribution in [1.29, 1.82) is 5.26 Å². The summed E-state index contributed by atoms with van der Waals surface area (Å²) in [7, 11) is 1.61. The fourth-order valence-corrected chi connectivity index (χ4v) is 2.88. The summed E-state index contributed by atoms with van der Waals surface area (Å²) in [5.74, 6) is 0.756. The number of halogens is 1. The molecule has 3 aromatic rings. The van der Waals surface area contributed by atoms with E-state index in [0.717, 1.165) is 17.0 Å². The van der Waals surface area contributed by atoms with Gasteiger partial charge in [0, 0.05) is 10.7 Å². The molecule has 0 saturated carbocycles. The van der Waals surface area contributed by atoms with Crippen LogP contribution in [0.25, 0.3) is 11.6 Å². The normalized spacial score (nSPS) is 11.4. The van der Waals surface area contributed by atoms with Gasteiger partial charge >= 0.3 is 0 Å². The Balaban J connectivity index is 1.70. The first-order chi connectivity index (χ1) is 13.2. The summed E-state index contributed by atoms with van der Waals surface area (Å²) in [4.78, 5) is 4.21. The monoisotopic (exact) mass is 395 g/mol. The topological polar surface area (TPSA) is 83.2 Å². The van der Waals surface area contributed by atoms with Crippen LogP contribution in [0.15, 0.2) is 53.5 Å². The van der Waals surface area contributed by atoms with Gasteiger partial charge in [-0.15, -0.1) is 10.2 Å². The molecule has 0 amide bonds. The van der Waals surface area contributed by atoms with Gasteiger partial charge in [0.25, 0.3) is 0 Å². The van der Waals surface area contributed by atoms with Gasteiger partial charge in [0.15, 0.2) is 5.01 Å². The zero-order valence-electron chi connectivity index (χ0n) is 14.3. The first-order valence-corrected chi connectivity index (χ1v) is 9.02. The Morgan fingerprint density at radius 1 is 1.19 bits per heavy atom. The predicted molar refractivity (Wildman–Crippen MR) is 110 cm³/mol. The van der Waals surface area contributed by atoms with Crippen LogP contribution in [0, 0.1) is 11.3 Å². The van der Waals surface area contributed by atoms with Crippen LogP contribution in [0.5, 0.6) is 5.75 Å². The lowest BCUT2D eigenvalue weighted by molar-refractivity contribution is 0.415. The van der Waals surface area contributed by atoms with E-state index in [-0.39, 0.29) is 0 Å². The third-order valence-electron chi connectivity index (χ3n) is 3.44. The second-order valence-electron chi connectivity index (χ2n) is 5.24. The van der Waals surface area contributed by atoms with Crippen LogP contribution >= 0.6 is 22.9 Å². The Morgan fingerprint density at radius 3 is 2.59 bits per heavy atom. The van der Waals surface area contributed by atoms with Crippen molar-refractivity contribution in [3.63, 3.8) is 0 Å². The summed E-state index contributed by atoms with van der Waals surface area (Å²) in [5.41, 5.74) is 2.15. The van der Waals surface area contributed by atoms with Crippen LogP contribution in [0.2, 0.25) is 5.02 Å². The van der Waals surface area contributed by atoms with Gasteiger partial charge in [-0.25, -0.2) is 4.99 Å². The fraction of sp³-hybridized carbons (Fsp3) is 0.0526. The number of anilines is 1. The van der Waals surface area contributed by atoms with Gasteiger partial charge in [-0.3, -0.25) is 0 Å². The number of ether oxygens (including phenoxy) is 1. The van der Waals surface area contributed by atoms with Crippen molar-refractivity contribution in [2.24, 2.45) is 4.99 Å². The lowest BCUT2D eigenvalue weighted by Gasteiger charge is -1.99. The maximum atomic E-state index is 9.43. The number of allylic oxidation sites excluding steroid dienone is 1. The number of nitrogens with one attached hydrogen (secondary N) is 1. The standard InChI is InChI=1S/C19H14ClN5OS/c1-26-17-8-2-13(3-9-17)10-14(11-21)18-24-25-19(27-18)23-12-22-16-6-4-15(20)5-7-16/h2-10,12H,1H3,(H,22,23,25)/b14-10+. The third-order valence-corrected chi connectivity index (χ3v) is 4.56. The fourth-order valence-electron chi connectivity index (χ4n) is 2.09. The molecule has 0 saturated heterocycles. The Bertz CT molecular complexity index is 1000. The van der Waals surface area contributed by atoms with Crippen LogP contribution in [0.3, 0.4) is 0 Å². The number of aromatic nitrogens is 2. The Kier molecular flexibility index (Phi) is 6.15. The van der Waals surface area contributed by atoms with Crippen LogP contribution in [0.4, 0.5) is 10.8 Å². The van der Waals surface area contributed by atoms with Gasteiger partial charge in [0.2, 0.25) is 5.13 Å². The van der Waals surface area contributed by atoms with Crippen molar-refractivity contribution >= 4 is 51.7 Å². The van der Waals surface area contributed by atoms with Crippen molar-refractivity contribution in [2.45, 2.75) is 0 Å². The Morgan fingerprint density at radius 2 is 1.93 bits per heavy atom. The van der Waals surface area contributed by atoms with Crippen molar-refractivity contribution in [1.82, 2.24) is 10.2 Å². The predicted octanol–water partition coefficient (Wildman–Crippen LogP) is 5.04. The third kappa shape index (κ3) is 5.14. The lowest BCUT2D eigenvalue weighted by Crippen LogP contribution is -1.93. The van der Waals surface area contributed by atoms with Gasteiger partial charge in [-0.2, -0.15) is 5.26 Å². The van der Waals surface area contributed by atoms with E-state index in [2.05, 4.69) is 26.6 Å². The second kappa shape index (κ2) is 8.94. The molecule has 0 aliphatic rings. The molecule has 3 rings (SSSR count). The van der Waals surface area contributed by atoms with E-state index in [1.165, 1.54) is 17.7 Å². The number of methoxy groups -OCH3 is 1. The quantitative estimate of drug-likeness (QED) is 0.359. The van der Waals surface area contributed by atoms with Crippen LogP contribution in [-0.4, -0.2) is 23.6 Å². The molecule has 0 aliphatic heterocycles. The van der Waals surface area contributed by atoms with E-state index in [1.54, 1.807) is 25.3 Å². The number of nitriles is 1. The smallest absolute Gasteiger partial charge is 0.233 e. The molecule has 0 aliphatic carbocycles. The molecular formula is C19H14ClN5OS. The molecule has 0 atom stereocenters. The number of aliphatic imine (C=N–C) groups is 1. The maximum absolute atomic E-state index is 9.43. The van der Waals surface area contributed by atoms with E-state index in [0.29, 0.717) is 20.7 Å². The minimum absolute atomic E-state index is 0.421. The van der Waals surface area contributed by atoms with Crippen molar-refractivity contribution < 1.29 is 4.74 Å². The van der Waals surface area contributed by atoms with Crippen LogP contribution in [-0.2, 0) is 0 Å². The highest BCUT2D eigenvalue weighted by molar-refractivity contribution is 7.16. The zero-order chi connectivity index (χ0) is 19.1. The highest BCUT2D eigenvalue weighted by Crippen LogP contribution is 2.26. The minimum Gasteiger partial charge on any atom is -0.497 e. The van der Waals surface area contributed by atoms with E-state index in [1.807, 2.05) is 36.4 Å². The van der Waals surface area contributed by atoms with E-state index in [9.17, 15) is 5.26 Å². The molecule has 2 aromatic carbocycles. The number of rotatable bonds is 6. The van der Waals surface area contributed by atoms with Gasteiger partial charge < -0.3 is 10.1 Å². The molecule has 0 radical (unpaired) electrons. The van der Waals surface area contributed by atoms with E-state index < -0.39 is 0 Å². The summed E-state index contributed by atoms with van der Waals surface area (Å²) in [6.45, 7) is 0. The van der Waals surface area contributed by atoms with Gasteiger partial charge in [0.1, 0.15) is 11.8 Å². The van der Waals surface area contributed by atoms with Crippen molar-refractivity contribution in [3.8, 4) is 11.8 Å². The summed E-state index contributed by atoms with van der Waals surface area (Å²) in [6.07, 6.45) is 3.27. The minimum atomic E-state index is 0.421. The van der Waals surface area contributed by atoms with Gasteiger partial charge in [0.05, 0.1) is 19.0 Å². The first kappa shape index (κ1) is 18.6. The van der Waals surface area contributed by atoms with Crippen LogP contribution in [0.1, 0.15) is 10.6 Å². The van der Waals surface area contributed by atoms with Crippen molar-refractivity contribution in [3.05, 3.63) is 64.1 Å². The average molecular weight is 396 g/mol. The SMILES string of the molecule is COc1ccc(/C=C(\C#N)c2nnc(/N=C/Nc3ccc(Cl)cc3)s2)cc1. The molecule has 134 valence electrons. The number of hydrogen-bond acceptors (Lipinski definition) is 6. The molecule has 8 heteroatoms. The molecule has 0 unspecified atom stereocenters. The molecule has 0 bridgehead atoms. The molecule has 6 nitrogen and oxygen atoms in total. The molecule has 0 spiro atoms. The highest BCUT2D eigenvalue weighted by Gasteiger charge is 2.08. The molecule has 1 heterocycles. The van der Waals surface area contributed by atoms with E-state index >= 15 is 0 Å². The molecular weight excluding hydrogens is 382 g/mol. The largest absolute Gasteiger partial charge is 0.497 e. The van der Waals surface area contributed by atoms with Gasteiger partial charge in [-0.1, -0.05) is 35.1 Å². The summed E-state index contributed by atoms with van der Waals surface area (Å²) in [6, 6.07) is 16.8. The average Bonchev–Trinajstić information content (AvgIpc) is 3.17. The van der Waals surface area contributed by atoms with E-state index in [4.69, 9.17) is 16.3 Å². The molecule has 1 N–H and O–H groups in total. The molecule has 0 fully saturated rings. The van der Waals surface area contributed by atoms with Gasteiger partial charge in [-0.05, 0) is 48.0 Å². The Hall–Kier alpha value is -3.21. The second-order valence-corrected chi connectivity index (χ2v) is 6.63. The summed E-state index contributed by atoms with van der Waals surface area (Å²) in [5, 5.41) is 22.1. The zero-order valence-corrected chi connectivity index (χ0v) is 15.8. The lowest BCUT2D eigenvalue weighted by atomic mass is 10.1. The van der Waals surface area contributed by atoms with Crippen LogP contribution < -0.4 is 10.1 Å². The summed E-state index contributed by atoms with van der Waals surface area (Å²) >= 11 is 7.08. The number of nitrogens with zero attached hydrogens (tertiary/aromatic N) is 4. The first-order valence-electron chi connectivity index (χ1n) is 7.82. The molecule has 1 aromatic heterocycles. The summed E-state index contributed by atoms with van der Waals surface area (Å²) < 4.78 is 5.13. The van der Waals surface area contributed by atoms with Crippen molar-refractivity contribution in [2.75, 3.05) is 12.4 Å². The number of hydrogen-bond donors (Lipinski definition) is 1. The Labute approximate surface area is 165 Å².